The molecule has 1 aromatic carbocycles. The van der Waals surface area contributed by atoms with Gasteiger partial charge in [-0.05, 0) is 40.5 Å². The number of hydrogen-bond donors (Lipinski definition) is 1. The van der Waals surface area contributed by atoms with Crippen LogP contribution < -0.4 is 5.73 Å². The molecule has 1 aromatic rings. The molecule has 1 nitrogen and oxygen atoms in total. The minimum atomic E-state index is 0.759. The van der Waals surface area contributed by atoms with Gasteiger partial charge in [0.05, 0.1) is 0 Å². The second-order valence-electron chi connectivity index (χ2n) is 2.52. The van der Waals surface area contributed by atoms with Gasteiger partial charge in [0.2, 0.25) is 0 Å². The lowest BCUT2D eigenvalue weighted by Crippen LogP contribution is -1.87. The fourth-order valence-electron chi connectivity index (χ4n) is 0.793. The highest BCUT2D eigenvalue weighted by Crippen LogP contribution is 2.23. The Morgan fingerprint density at radius 1 is 1.55 bits per heavy atom. The van der Waals surface area contributed by atoms with Gasteiger partial charge in [-0.3, -0.25) is 0 Å². The summed E-state index contributed by atoms with van der Waals surface area (Å²) in [7, 11) is 0. The molecule has 2 heteroatoms. The summed E-state index contributed by atoms with van der Waals surface area (Å²) in [6.07, 6.45) is 0. The standard InChI is InChI=1S/C9H10BrN/c1-6(2)7-3-4-9(11)8(10)5-7/h3-5H,1,11H2,2H3. The number of anilines is 1. The average molecular weight is 212 g/mol. The zero-order chi connectivity index (χ0) is 8.43. The summed E-state index contributed by atoms with van der Waals surface area (Å²) in [5.74, 6) is 0. The van der Waals surface area contributed by atoms with Crippen LogP contribution >= 0.6 is 15.9 Å². The molecule has 0 spiro atoms. The van der Waals surface area contributed by atoms with Crippen molar-refractivity contribution in [2.24, 2.45) is 0 Å². The summed E-state index contributed by atoms with van der Waals surface area (Å²) in [4.78, 5) is 0. The number of nitrogens with two attached hydrogens (primary N) is 1. The van der Waals surface area contributed by atoms with Crippen molar-refractivity contribution >= 4 is 27.2 Å². The molecule has 0 fully saturated rings. The molecule has 0 aliphatic rings. The van der Waals surface area contributed by atoms with Crippen LogP contribution in [-0.2, 0) is 0 Å². The number of nitrogen functional groups attached to an aromatic ring is 1. The fourth-order valence-corrected chi connectivity index (χ4v) is 1.17. The summed E-state index contributed by atoms with van der Waals surface area (Å²) in [5.41, 5.74) is 8.54. The molecule has 0 radical (unpaired) electrons. The van der Waals surface area contributed by atoms with Crippen LogP contribution in [0.3, 0.4) is 0 Å². The minimum absolute atomic E-state index is 0.759. The first kappa shape index (κ1) is 8.34. The zero-order valence-corrected chi connectivity index (χ0v) is 7.98. The largest absolute Gasteiger partial charge is 0.398 e. The monoisotopic (exact) mass is 211 g/mol. The van der Waals surface area contributed by atoms with Crippen molar-refractivity contribution < 1.29 is 0 Å². The third-order valence-electron chi connectivity index (χ3n) is 1.49. The van der Waals surface area contributed by atoms with Crippen LogP contribution in [0.15, 0.2) is 29.3 Å². The molecule has 0 saturated heterocycles. The lowest BCUT2D eigenvalue weighted by atomic mass is 10.1. The normalized spacial score (nSPS) is 9.64. The van der Waals surface area contributed by atoms with E-state index < -0.39 is 0 Å². The number of halogens is 1. The Morgan fingerprint density at radius 2 is 2.18 bits per heavy atom. The highest BCUT2D eigenvalue weighted by molar-refractivity contribution is 9.10. The van der Waals surface area contributed by atoms with Crippen molar-refractivity contribution in [3.8, 4) is 0 Å². The van der Waals surface area contributed by atoms with Crippen LogP contribution in [0.1, 0.15) is 12.5 Å². The molecule has 11 heavy (non-hydrogen) atoms. The Labute approximate surface area is 75.0 Å². The van der Waals surface area contributed by atoms with Gasteiger partial charge in [-0.25, -0.2) is 0 Å². The maximum atomic E-state index is 5.61. The summed E-state index contributed by atoms with van der Waals surface area (Å²) >= 11 is 3.35. The Hall–Kier alpha value is -0.760. The molecule has 58 valence electrons. The van der Waals surface area contributed by atoms with Crippen LogP contribution in [0.2, 0.25) is 0 Å². The summed E-state index contributed by atoms with van der Waals surface area (Å²) < 4.78 is 0.929. The predicted octanol–water partition coefficient (Wildman–Crippen LogP) is 3.06. The van der Waals surface area contributed by atoms with E-state index in [9.17, 15) is 0 Å². The third-order valence-corrected chi connectivity index (χ3v) is 2.18. The van der Waals surface area contributed by atoms with Crippen molar-refractivity contribution in [3.05, 3.63) is 34.8 Å². The Bertz CT molecular complexity index is 292. The van der Waals surface area contributed by atoms with E-state index in [2.05, 4.69) is 22.5 Å². The Kier molecular flexibility index (Phi) is 2.35. The molecule has 0 unspecified atom stereocenters. The van der Waals surface area contributed by atoms with E-state index in [1.54, 1.807) is 0 Å². The predicted molar refractivity (Wildman–Crippen MR) is 53.3 cm³/mol. The van der Waals surface area contributed by atoms with E-state index in [0.717, 1.165) is 21.3 Å². The molecule has 0 heterocycles. The van der Waals surface area contributed by atoms with Crippen LogP contribution in [0.5, 0.6) is 0 Å². The number of hydrogen-bond acceptors (Lipinski definition) is 1. The van der Waals surface area contributed by atoms with Gasteiger partial charge in [0.1, 0.15) is 0 Å². The van der Waals surface area contributed by atoms with Gasteiger partial charge >= 0.3 is 0 Å². The minimum Gasteiger partial charge on any atom is -0.398 e. The van der Waals surface area contributed by atoms with E-state index in [-0.39, 0.29) is 0 Å². The number of benzene rings is 1. The highest BCUT2D eigenvalue weighted by Gasteiger charge is 1.97. The fraction of sp³-hybridized carbons (Fsp3) is 0.111. The van der Waals surface area contributed by atoms with Crippen molar-refractivity contribution in [3.63, 3.8) is 0 Å². The summed E-state index contributed by atoms with van der Waals surface area (Å²) in [5, 5.41) is 0. The molecule has 0 bridgehead atoms. The smallest absolute Gasteiger partial charge is 0.0458 e. The highest BCUT2D eigenvalue weighted by atomic mass is 79.9. The lowest BCUT2D eigenvalue weighted by molar-refractivity contribution is 1.55. The van der Waals surface area contributed by atoms with Gasteiger partial charge in [-0.1, -0.05) is 18.2 Å². The van der Waals surface area contributed by atoms with E-state index >= 15 is 0 Å². The van der Waals surface area contributed by atoms with Crippen molar-refractivity contribution in [2.75, 3.05) is 5.73 Å². The zero-order valence-electron chi connectivity index (χ0n) is 6.39. The first-order valence-electron chi connectivity index (χ1n) is 3.32. The molecule has 0 aliphatic carbocycles. The second-order valence-corrected chi connectivity index (χ2v) is 3.37. The van der Waals surface area contributed by atoms with Crippen LogP contribution in [-0.4, -0.2) is 0 Å². The van der Waals surface area contributed by atoms with Crippen LogP contribution in [0.4, 0.5) is 5.69 Å². The van der Waals surface area contributed by atoms with Gasteiger partial charge in [0.25, 0.3) is 0 Å². The third kappa shape index (κ3) is 1.84. The molecule has 0 saturated carbocycles. The molecule has 0 aliphatic heterocycles. The molecule has 0 atom stereocenters. The summed E-state index contributed by atoms with van der Waals surface area (Å²) in [6.45, 7) is 5.80. The number of rotatable bonds is 1. The first-order chi connectivity index (χ1) is 5.11. The Balaban J connectivity index is 3.15. The lowest BCUT2D eigenvalue weighted by Gasteiger charge is -2.02. The van der Waals surface area contributed by atoms with Crippen molar-refractivity contribution in [1.29, 1.82) is 0 Å². The van der Waals surface area contributed by atoms with E-state index in [0.29, 0.717) is 0 Å². The second kappa shape index (κ2) is 3.09. The SMILES string of the molecule is C=C(C)c1ccc(N)c(Br)c1. The van der Waals surface area contributed by atoms with Crippen LogP contribution in [0, 0.1) is 0 Å². The van der Waals surface area contributed by atoms with Crippen molar-refractivity contribution in [2.45, 2.75) is 6.92 Å². The molecular formula is C9H10BrN. The maximum Gasteiger partial charge on any atom is 0.0458 e. The first-order valence-corrected chi connectivity index (χ1v) is 4.11. The average Bonchev–Trinajstić information content (AvgIpc) is 1.94. The molecular weight excluding hydrogens is 202 g/mol. The quantitative estimate of drug-likeness (QED) is 0.711. The van der Waals surface area contributed by atoms with Gasteiger partial charge in [-0.15, -0.1) is 0 Å². The molecule has 0 aromatic heterocycles. The van der Waals surface area contributed by atoms with Gasteiger partial charge in [0, 0.05) is 10.2 Å². The van der Waals surface area contributed by atoms with Gasteiger partial charge in [0.15, 0.2) is 0 Å². The van der Waals surface area contributed by atoms with Crippen molar-refractivity contribution in [1.82, 2.24) is 0 Å². The van der Waals surface area contributed by atoms with E-state index in [1.807, 2.05) is 25.1 Å². The maximum absolute atomic E-state index is 5.61. The molecule has 2 N–H and O–H groups in total. The van der Waals surface area contributed by atoms with Gasteiger partial charge < -0.3 is 5.73 Å². The number of allylic oxidation sites excluding steroid dienone is 1. The topological polar surface area (TPSA) is 26.0 Å². The van der Waals surface area contributed by atoms with E-state index in [4.69, 9.17) is 5.73 Å². The Morgan fingerprint density at radius 3 is 2.64 bits per heavy atom. The van der Waals surface area contributed by atoms with Gasteiger partial charge in [-0.2, -0.15) is 0 Å². The molecule has 0 amide bonds. The molecule has 1 rings (SSSR count). The van der Waals surface area contributed by atoms with E-state index in [1.165, 1.54) is 0 Å². The summed E-state index contributed by atoms with van der Waals surface area (Å²) in [6, 6.07) is 5.80. The van der Waals surface area contributed by atoms with Crippen LogP contribution in [0.25, 0.3) is 5.57 Å².